The second-order valence-electron chi connectivity index (χ2n) is 7.60. The van der Waals surface area contributed by atoms with Gasteiger partial charge in [0, 0.05) is 44.0 Å². The SMILES string of the molecule is CCn1c(=O)sc2cc(NC(=O)c3ccc(Cl)c(S(=O)(=O)N4CCN(C)CC4)c3)ccc21. The van der Waals surface area contributed by atoms with Crippen LogP contribution in [-0.4, -0.2) is 61.3 Å². The summed E-state index contributed by atoms with van der Waals surface area (Å²) in [5, 5.41) is 2.86. The molecule has 4 rings (SSSR count). The average Bonchev–Trinajstić information content (AvgIpc) is 3.08. The molecule has 0 spiro atoms. The number of halogens is 1. The molecule has 8 nitrogen and oxygen atoms in total. The van der Waals surface area contributed by atoms with Gasteiger partial charge in [0.15, 0.2) is 0 Å². The van der Waals surface area contributed by atoms with E-state index in [1.807, 2.05) is 14.0 Å². The highest BCUT2D eigenvalue weighted by molar-refractivity contribution is 7.89. The molecule has 0 unspecified atom stereocenters. The molecule has 1 aliphatic rings. The van der Waals surface area contributed by atoms with E-state index >= 15 is 0 Å². The van der Waals surface area contributed by atoms with Crippen LogP contribution in [0.15, 0.2) is 46.1 Å². The van der Waals surface area contributed by atoms with Crippen LogP contribution in [0.25, 0.3) is 10.2 Å². The number of piperazine rings is 1. The zero-order valence-corrected chi connectivity index (χ0v) is 20.1. The van der Waals surface area contributed by atoms with Crippen molar-refractivity contribution in [2.45, 2.75) is 18.4 Å². The number of hydrogen-bond acceptors (Lipinski definition) is 6. The van der Waals surface area contributed by atoms with Crippen LogP contribution in [0.2, 0.25) is 5.02 Å². The number of aryl methyl sites for hydroxylation is 1. The summed E-state index contributed by atoms with van der Waals surface area (Å²) in [5.74, 6) is -0.460. The molecule has 1 amide bonds. The van der Waals surface area contributed by atoms with Gasteiger partial charge in [-0.05, 0) is 50.4 Å². The maximum atomic E-state index is 13.1. The number of aromatic nitrogens is 1. The standard InChI is InChI=1S/C21H23ClN4O4S2/c1-3-26-17-7-5-15(13-18(17)31-21(26)28)23-20(27)14-4-6-16(22)19(12-14)32(29,30)25-10-8-24(2)9-11-25/h4-7,12-13H,3,8-11H2,1-2H3,(H,23,27). The van der Waals surface area contributed by atoms with Crippen molar-refractivity contribution in [1.82, 2.24) is 13.8 Å². The predicted molar refractivity (Wildman–Crippen MR) is 127 cm³/mol. The third-order valence-electron chi connectivity index (χ3n) is 5.52. The number of carbonyl (C=O) groups is 1. The smallest absolute Gasteiger partial charge is 0.308 e. The maximum Gasteiger partial charge on any atom is 0.308 e. The summed E-state index contributed by atoms with van der Waals surface area (Å²) < 4.78 is 30.1. The van der Waals surface area contributed by atoms with Gasteiger partial charge in [0.2, 0.25) is 10.0 Å². The highest BCUT2D eigenvalue weighted by Crippen LogP contribution is 2.28. The van der Waals surface area contributed by atoms with Crippen LogP contribution in [0.5, 0.6) is 0 Å². The van der Waals surface area contributed by atoms with Gasteiger partial charge in [0.25, 0.3) is 5.91 Å². The molecule has 3 aromatic rings. The summed E-state index contributed by atoms with van der Waals surface area (Å²) in [5.41, 5.74) is 1.51. The number of nitrogens with zero attached hydrogens (tertiary/aromatic N) is 3. The first-order chi connectivity index (χ1) is 15.2. The molecule has 2 heterocycles. The first-order valence-corrected chi connectivity index (χ1v) is 12.8. The van der Waals surface area contributed by atoms with Crippen LogP contribution in [0.1, 0.15) is 17.3 Å². The van der Waals surface area contributed by atoms with E-state index < -0.39 is 15.9 Å². The minimum absolute atomic E-state index is 0.0533. The Balaban J connectivity index is 1.60. The van der Waals surface area contributed by atoms with Gasteiger partial charge in [0.1, 0.15) is 4.90 Å². The molecule has 170 valence electrons. The van der Waals surface area contributed by atoms with Crippen LogP contribution in [0.4, 0.5) is 5.69 Å². The number of thiazole rings is 1. The summed E-state index contributed by atoms with van der Waals surface area (Å²) >= 11 is 7.33. The molecule has 1 N–H and O–H groups in total. The molecule has 11 heteroatoms. The van der Waals surface area contributed by atoms with Crippen molar-refractivity contribution in [2.24, 2.45) is 0 Å². The maximum absolute atomic E-state index is 13.1. The molecular weight excluding hydrogens is 472 g/mol. The molecule has 0 bridgehead atoms. The van der Waals surface area contributed by atoms with E-state index in [1.54, 1.807) is 22.8 Å². The van der Waals surface area contributed by atoms with E-state index in [1.165, 1.54) is 22.5 Å². The molecule has 32 heavy (non-hydrogen) atoms. The Morgan fingerprint density at radius 2 is 1.84 bits per heavy atom. The van der Waals surface area contributed by atoms with Crippen molar-refractivity contribution in [3.63, 3.8) is 0 Å². The summed E-state index contributed by atoms with van der Waals surface area (Å²) in [6.07, 6.45) is 0. The fourth-order valence-electron chi connectivity index (χ4n) is 3.66. The van der Waals surface area contributed by atoms with Crippen LogP contribution in [0, 0.1) is 0 Å². The minimum Gasteiger partial charge on any atom is -0.322 e. The number of anilines is 1. The molecule has 1 aromatic heterocycles. The van der Waals surface area contributed by atoms with Gasteiger partial charge in [-0.15, -0.1) is 0 Å². The van der Waals surface area contributed by atoms with Crippen molar-refractivity contribution in [3.05, 3.63) is 56.7 Å². The molecular formula is C21H23ClN4O4S2. The minimum atomic E-state index is -3.82. The summed E-state index contributed by atoms with van der Waals surface area (Å²) in [4.78, 5) is 26.8. The van der Waals surface area contributed by atoms with Gasteiger partial charge in [-0.3, -0.25) is 14.2 Å². The van der Waals surface area contributed by atoms with Crippen molar-refractivity contribution < 1.29 is 13.2 Å². The van der Waals surface area contributed by atoms with Gasteiger partial charge in [-0.2, -0.15) is 4.31 Å². The lowest BCUT2D eigenvalue weighted by Crippen LogP contribution is -2.47. The number of nitrogens with one attached hydrogen (secondary N) is 1. The fraction of sp³-hybridized carbons (Fsp3) is 0.333. The molecule has 0 saturated carbocycles. The number of hydrogen-bond donors (Lipinski definition) is 1. The van der Waals surface area contributed by atoms with Crippen molar-refractivity contribution in [2.75, 3.05) is 38.5 Å². The summed E-state index contributed by atoms with van der Waals surface area (Å²) in [6.45, 7) is 4.46. The third-order valence-corrected chi connectivity index (χ3v) is 8.84. The van der Waals surface area contributed by atoms with Gasteiger partial charge in [-0.1, -0.05) is 22.9 Å². The lowest BCUT2D eigenvalue weighted by Gasteiger charge is -2.31. The number of amides is 1. The van der Waals surface area contributed by atoms with Gasteiger partial charge < -0.3 is 10.2 Å². The first-order valence-electron chi connectivity index (χ1n) is 10.1. The highest BCUT2D eigenvalue weighted by atomic mass is 35.5. The van der Waals surface area contributed by atoms with Crippen LogP contribution < -0.4 is 10.2 Å². The van der Waals surface area contributed by atoms with Crippen molar-refractivity contribution >= 4 is 54.8 Å². The van der Waals surface area contributed by atoms with E-state index in [9.17, 15) is 18.0 Å². The quantitative estimate of drug-likeness (QED) is 0.588. The number of sulfonamides is 1. The Labute approximate surface area is 195 Å². The Morgan fingerprint density at radius 3 is 2.53 bits per heavy atom. The molecule has 1 saturated heterocycles. The number of fused-ring (bicyclic) bond motifs is 1. The Bertz CT molecular complexity index is 1340. The van der Waals surface area contributed by atoms with Crippen LogP contribution >= 0.6 is 22.9 Å². The summed E-state index contributed by atoms with van der Waals surface area (Å²) in [7, 11) is -1.88. The highest BCUT2D eigenvalue weighted by Gasteiger charge is 2.30. The number of likely N-dealkylation sites (N-methyl/N-ethyl adjacent to an activating group) is 1. The van der Waals surface area contributed by atoms with E-state index in [0.717, 1.165) is 21.6 Å². The Morgan fingerprint density at radius 1 is 1.12 bits per heavy atom. The topological polar surface area (TPSA) is 91.7 Å². The first kappa shape index (κ1) is 22.9. The number of rotatable bonds is 5. The Hall–Kier alpha value is -2.24. The summed E-state index contributed by atoms with van der Waals surface area (Å²) in [6, 6.07) is 9.48. The largest absolute Gasteiger partial charge is 0.322 e. The van der Waals surface area contributed by atoms with Crippen molar-refractivity contribution in [1.29, 1.82) is 0 Å². The number of benzene rings is 2. The monoisotopic (exact) mass is 494 g/mol. The van der Waals surface area contributed by atoms with E-state index in [0.29, 0.717) is 38.4 Å². The molecule has 1 aliphatic heterocycles. The zero-order chi connectivity index (χ0) is 23.0. The second kappa shape index (κ2) is 8.95. The Kier molecular flexibility index (Phi) is 6.42. The van der Waals surface area contributed by atoms with Gasteiger partial charge in [0.05, 0.1) is 15.2 Å². The van der Waals surface area contributed by atoms with E-state index in [2.05, 4.69) is 10.2 Å². The number of carbonyl (C=O) groups excluding carboxylic acids is 1. The van der Waals surface area contributed by atoms with Crippen molar-refractivity contribution in [3.8, 4) is 0 Å². The molecule has 1 fully saturated rings. The molecule has 0 atom stereocenters. The van der Waals surface area contributed by atoms with Crippen LogP contribution in [0.3, 0.4) is 0 Å². The molecule has 2 aromatic carbocycles. The second-order valence-corrected chi connectivity index (χ2v) is 10.9. The van der Waals surface area contributed by atoms with Crippen LogP contribution in [-0.2, 0) is 16.6 Å². The predicted octanol–water partition coefficient (Wildman–Crippen LogP) is 2.92. The average molecular weight is 495 g/mol. The fourth-order valence-corrected chi connectivity index (χ4v) is 6.57. The zero-order valence-electron chi connectivity index (χ0n) is 17.7. The molecule has 0 radical (unpaired) electrons. The lowest BCUT2D eigenvalue weighted by molar-refractivity contribution is 0.102. The lowest BCUT2D eigenvalue weighted by atomic mass is 10.2. The van der Waals surface area contributed by atoms with Gasteiger partial charge >= 0.3 is 4.87 Å². The third kappa shape index (κ3) is 4.33. The van der Waals surface area contributed by atoms with E-state index in [4.69, 9.17) is 11.6 Å². The van der Waals surface area contributed by atoms with Gasteiger partial charge in [-0.25, -0.2) is 8.42 Å². The molecule has 0 aliphatic carbocycles. The normalized spacial score (nSPS) is 15.8. The van der Waals surface area contributed by atoms with E-state index in [-0.39, 0.29) is 20.4 Å².